The lowest BCUT2D eigenvalue weighted by Crippen LogP contribution is -1.88. The Morgan fingerprint density at radius 3 is 1.61 bits per heavy atom. The van der Waals surface area contributed by atoms with Crippen molar-refractivity contribution in [3.8, 4) is 0 Å². The van der Waals surface area contributed by atoms with Gasteiger partial charge in [-0.1, -0.05) is 60.7 Å². The van der Waals surface area contributed by atoms with Crippen molar-refractivity contribution < 1.29 is 0 Å². The van der Waals surface area contributed by atoms with Crippen molar-refractivity contribution >= 4 is 11.3 Å². The quantitative estimate of drug-likeness (QED) is 0.692. The van der Waals surface area contributed by atoms with Crippen LogP contribution in [0.15, 0.2) is 71.9 Å². The molecule has 0 bridgehead atoms. The van der Waals surface area contributed by atoms with E-state index >= 15 is 0 Å². The van der Waals surface area contributed by atoms with Crippen molar-refractivity contribution in [2.75, 3.05) is 0 Å². The molecule has 1 heteroatoms. The van der Waals surface area contributed by atoms with Gasteiger partial charge in [0.25, 0.3) is 0 Å². The van der Waals surface area contributed by atoms with E-state index in [-0.39, 0.29) is 0 Å². The van der Waals surface area contributed by atoms with E-state index in [1.165, 1.54) is 11.1 Å². The minimum absolute atomic E-state index is 1.05. The molecule has 0 amide bonds. The van der Waals surface area contributed by atoms with Crippen LogP contribution in [0.25, 0.3) is 5.57 Å². The maximum absolute atomic E-state index is 4.43. The molecule has 90 valence electrons. The van der Waals surface area contributed by atoms with Gasteiger partial charge in [-0.15, -0.1) is 0 Å². The molecule has 0 atom stereocenters. The van der Waals surface area contributed by atoms with Gasteiger partial charge in [0.15, 0.2) is 0 Å². The fraction of sp³-hybridized carbons (Fsp3) is 0.118. The highest BCUT2D eigenvalue weighted by Crippen LogP contribution is 2.23. The van der Waals surface area contributed by atoms with Crippen molar-refractivity contribution in [2.45, 2.75) is 13.8 Å². The molecular weight excluding hydrogens is 218 g/mol. The monoisotopic (exact) mass is 235 g/mol. The number of hydrogen-bond acceptors (Lipinski definition) is 1. The largest absolute Gasteiger partial charge is 0.266 e. The van der Waals surface area contributed by atoms with E-state index < -0.39 is 0 Å². The molecule has 0 heterocycles. The summed E-state index contributed by atoms with van der Waals surface area (Å²) in [7, 11) is 0. The first-order valence-corrected chi connectivity index (χ1v) is 6.09. The minimum atomic E-state index is 1.05. The summed E-state index contributed by atoms with van der Waals surface area (Å²) < 4.78 is 0. The van der Waals surface area contributed by atoms with Gasteiger partial charge in [0.2, 0.25) is 0 Å². The Balaban J connectivity index is 2.49. The van der Waals surface area contributed by atoms with E-state index in [4.69, 9.17) is 0 Å². The van der Waals surface area contributed by atoms with Crippen LogP contribution in [0.2, 0.25) is 0 Å². The van der Waals surface area contributed by atoms with E-state index in [2.05, 4.69) is 53.5 Å². The third-order valence-electron chi connectivity index (χ3n) is 2.62. The Morgan fingerprint density at radius 2 is 1.22 bits per heavy atom. The van der Waals surface area contributed by atoms with Gasteiger partial charge in [-0.3, -0.25) is 4.99 Å². The molecule has 18 heavy (non-hydrogen) atoms. The predicted molar refractivity (Wildman–Crippen MR) is 78.7 cm³/mol. The molecule has 2 aromatic rings. The summed E-state index contributed by atoms with van der Waals surface area (Å²) in [5.41, 5.74) is 4.58. The lowest BCUT2D eigenvalue weighted by molar-refractivity contribution is 1.46. The lowest BCUT2D eigenvalue weighted by atomic mass is 9.99. The summed E-state index contributed by atoms with van der Waals surface area (Å²) in [6.45, 7) is 4.01. The van der Waals surface area contributed by atoms with E-state index in [0.29, 0.717) is 0 Å². The number of hydrogen-bond donors (Lipinski definition) is 0. The highest BCUT2D eigenvalue weighted by molar-refractivity contribution is 5.84. The molecule has 0 aliphatic heterocycles. The van der Waals surface area contributed by atoms with Crippen LogP contribution < -0.4 is 0 Å². The molecule has 0 saturated heterocycles. The number of rotatable bonds is 3. The van der Waals surface area contributed by atoms with Crippen LogP contribution in [0.5, 0.6) is 0 Å². The van der Waals surface area contributed by atoms with Crippen LogP contribution >= 0.6 is 0 Å². The standard InChI is InChI=1S/C17H17N/c1-14(2)18-13-17(15-9-5-3-6-10-15)16-11-7-4-8-12-16/h3-13H,1-2H3. The van der Waals surface area contributed by atoms with Gasteiger partial charge < -0.3 is 0 Å². The van der Waals surface area contributed by atoms with Gasteiger partial charge >= 0.3 is 0 Å². The minimum Gasteiger partial charge on any atom is -0.266 e. The molecule has 0 aliphatic rings. The summed E-state index contributed by atoms with van der Waals surface area (Å²) >= 11 is 0. The molecule has 0 radical (unpaired) electrons. The van der Waals surface area contributed by atoms with E-state index in [1.807, 2.05) is 32.2 Å². The molecule has 1 nitrogen and oxygen atoms in total. The Morgan fingerprint density at radius 1 is 0.778 bits per heavy atom. The van der Waals surface area contributed by atoms with Crippen molar-refractivity contribution in [3.05, 3.63) is 78.0 Å². The third kappa shape index (κ3) is 3.17. The number of benzene rings is 2. The number of nitrogens with zero attached hydrogens (tertiary/aromatic N) is 1. The van der Waals surface area contributed by atoms with E-state index in [9.17, 15) is 0 Å². The van der Waals surface area contributed by atoms with Crippen LogP contribution in [0.4, 0.5) is 0 Å². The average Bonchev–Trinajstić information content (AvgIpc) is 2.41. The maximum Gasteiger partial charge on any atom is 0.0351 e. The van der Waals surface area contributed by atoms with Gasteiger partial charge in [-0.25, -0.2) is 0 Å². The first-order valence-electron chi connectivity index (χ1n) is 6.09. The second kappa shape index (κ2) is 5.97. The van der Waals surface area contributed by atoms with Crippen LogP contribution in [0.3, 0.4) is 0 Å². The summed E-state index contributed by atoms with van der Waals surface area (Å²) in [4.78, 5) is 4.43. The fourth-order valence-electron chi connectivity index (χ4n) is 1.74. The normalized spacial score (nSPS) is 9.67. The average molecular weight is 235 g/mol. The zero-order valence-electron chi connectivity index (χ0n) is 10.8. The summed E-state index contributed by atoms with van der Waals surface area (Å²) in [6.07, 6.45) is 1.94. The second-order valence-electron chi connectivity index (χ2n) is 4.35. The number of aliphatic imine (C=N–C) groups is 1. The molecule has 2 aromatic carbocycles. The van der Waals surface area contributed by atoms with Crippen LogP contribution in [-0.2, 0) is 0 Å². The van der Waals surface area contributed by atoms with Gasteiger partial charge in [0.05, 0.1) is 0 Å². The van der Waals surface area contributed by atoms with Crippen molar-refractivity contribution in [3.63, 3.8) is 0 Å². The smallest absolute Gasteiger partial charge is 0.0351 e. The zero-order chi connectivity index (χ0) is 12.8. The van der Waals surface area contributed by atoms with Gasteiger partial charge in [-0.05, 0) is 25.0 Å². The topological polar surface area (TPSA) is 12.4 Å². The predicted octanol–water partition coefficient (Wildman–Crippen LogP) is 4.56. The Hall–Kier alpha value is -2.15. The van der Waals surface area contributed by atoms with Gasteiger partial charge in [-0.2, -0.15) is 0 Å². The fourth-order valence-corrected chi connectivity index (χ4v) is 1.74. The third-order valence-corrected chi connectivity index (χ3v) is 2.62. The first-order chi connectivity index (χ1) is 8.77. The molecule has 0 aromatic heterocycles. The van der Waals surface area contributed by atoms with Crippen LogP contribution in [0.1, 0.15) is 25.0 Å². The second-order valence-corrected chi connectivity index (χ2v) is 4.35. The highest BCUT2D eigenvalue weighted by atomic mass is 14.7. The molecule has 2 rings (SSSR count). The Kier molecular flexibility index (Phi) is 4.08. The Labute approximate surface area is 109 Å². The van der Waals surface area contributed by atoms with Gasteiger partial charge in [0.1, 0.15) is 0 Å². The van der Waals surface area contributed by atoms with E-state index in [1.54, 1.807) is 0 Å². The van der Waals surface area contributed by atoms with Crippen LogP contribution in [-0.4, -0.2) is 5.71 Å². The van der Waals surface area contributed by atoms with Crippen molar-refractivity contribution in [1.29, 1.82) is 0 Å². The van der Waals surface area contributed by atoms with Crippen molar-refractivity contribution in [1.82, 2.24) is 0 Å². The Bertz CT molecular complexity index is 505. The zero-order valence-corrected chi connectivity index (χ0v) is 10.8. The van der Waals surface area contributed by atoms with Crippen molar-refractivity contribution in [2.24, 2.45) is 4.99 Å². The van der Waals surface area contributed by atoms with Gasteiger partial charge in [0, 0.05) is 17.5 Å². The molecule has 0 fully saturated rings. The molecule has 0 aliphatic carbocycles. The van der Waals surface area contributed by atoms with E-state index in [0.717, 1.165) is 11.3 Å². The summed E-state index contributed by atoms with van der Waals surface area (Å²) in [5, 5.41) is 0. The molecule has 0 saturated carbocycles. The SMILES string of the molecule is CC(C)=NC=C(c1ccccc1)c1ccccc1. The maximum atomic E-state index is 4.43. The summed E-state index contributed by atoms with van der Waals surface area (Å²) in [5.74, 6) is 0. The lowest BCUT2D eigenvalue weighted by Gasteiger charge is -2.07. The van der Waals surface area contributed by atoms with Crippen LogP contribution in [0, 0.1) is 0 Å². The highest BCUT2D eigenvalue weighted by Gasteiger charge is 2.03. The first kappa shape index (κ1) is 12.3. The molecule has 0 unspecified atom stereocenters. The summed E-state index contributed by atoms with van der Waals surface area (Å²) in [6, 6.07) is 20.7. The molecule has 0 N–H and O–H groups in total. The molecule has 0 spiro atoms. The molecular formula is C17H17N.